The number of halogens is 1. The molecule has 0 aliphatic heterocycles. The van der Waals surface area contributed by atoms with Gasteiger partial charge in [0.15, 0.2) is 0 Å². The molecule has 1 amide bonds. The summed E-state index contributed by atoms with van der Waals surface area (Å²) in [6.07, 6.45) is 2.78. The number of hydrogen-bond acceptors (Lipinski definition) is 3. The fraction of sp³-hybridized carbons (Fsp3) is 0.290. The average Bonchev–Trinajstić information content (AvgIpc) is 3.30. The lowest BCUT2D eigenvalue weighted by Gasteiger charge is -2.34. The van der Waals surface area contributed by atoms with E-state index >= 15 is 0 Å². The first-order valence-electron chi connectivity index (χ1n) is 12.8. The van der Waals surface area contributed by atoms with E-state index in [2.05, 4.69) is 36.7 Å². The van der Waals surface area contributed by atoms with E-state index in [0.29, 0.717) is 36.6 Å². The maximum Gasteiger partial charge on any atom is 0.254 e. The van der Waals surface area contributed by atoms with E-state index in [0.717, 1.165) is 22.6 Å². The van der Waals surface area contributed by atoms with Crippen molar-refractivity contribution in [1.82, 2.24) is 14.5 Å². The Hall–Kier alpha value is -3.41. The Morgan fingerprint density at radius 3 is 2.41 bits per heavy atom. The van der Waals surface area contributed by atoms with Gasteiger partial charge in [-0.25, -0.2) is 4.98 Å². The Kier molecular flexibility index (Phi) is 8.80. The summed E-state index contributed by atoms with van der Waals surface area (Å²) in [5.74, 6) is 0.966. The number of benzene rings is 3. The minimum atomic E-state index is -0.239. The van der Waals surface area contributed by atoms with Gasteiger partial charge < -0.3 is 15.2 Å². The quantitative estimate of drug-likeness (QED) is 0.254. The summed E-state index contributed by atoms with van der Waals surface area (Å²) >= 11 is 6.31. The molecule has 0 spiro atoms. The normalized spacial score (nSPS) is 12.1. The van der Waals surface area contributed by atoms with Gasteiger partial charge in [-0.15, -0.1) is 0 Å². The van der Waals surface area contributed by atoms with Gasteiger partial charge in [-0.05, 0) is 55.6 Å². The van der Waals surface area contributed by atoms with Crippen molar-refractivity contribution in [1.29, 1.82) is 0 Å². The molecule has 2 N–H and O–H groups in total. The van der Waals surface area contributed by atoms with Gasteiger partial charge in [0.1, 0.15) is 5.82 Å². The molecule has 0 fully saturated rings. The predicted molar refractivity (Wildman–Crippen MR) is 152 cm³/mol. The van der Waals surface area contributed by atoms with E-state index < -0.39 is 0 Å². The van der Waals surface area contributed by atoms with Crippen LogP contribution in [-0.4, -0.2) is 33.4 Å². The van der Waals surface area contributed by atoms with E-state index in [4.69, 9.17) is 22.3 Å². The summed E-state index contributed by atoms with van der Waals surface area (Å²) in [6.45, 7) is 8.02. The molecule has 0 saturated heterocycles. The molecule has 0 saturated carbocycles. The van der Waals surface area contributed by atoms with Gasteiger partial charge in [0.25, 0.3) is 5.91 Å². The molecule has 1 aromatic heterocycles. The summed E-state index contributed by atoms with van der Waals surface area (Å²) in [4.78, 5) is 21.0. The smallest absolute Gasteiger partial charge is 0.254 e. The Balaban J connectivity index is 1.82. The molecule has 0 radical (unpaired) electrons. The Labute approximate surface area is 224 Å². The highest BCUT2D eigenvalue weighted by atomic mass is 35.5. The standard InChI is InChI=1S/C31H35ClN4O/c1-22(2)29(36(18-8-17-33)31(37)25-15-13-23(3)14-16-25)30-34-28(26-11-7-12-27(32)19-26)21-35(30)20-24-9-5-4-6-10-24/h4-7,9-16,19,21-22,29H,8,17-18,20,33H2,1-3H3. The van der Waals surface area contributed by atoms with Crippen LogP contribution in [0.15, 0.2) is 85.1 Å². The van der Waals surface area contributed by atoms with Crippen LogP contribution in [0.3, 0.4) is 0 Å². The number of rotatable bonds is 10. The maximum absolute atomic E-state index is 13.9. The van der Waals surface area contributed by atoms with Crippen LogP contribution in [-0.2, 0) is 6.54 Å². The molecular weight excluding hydrogens is 480 g/mol. The number of aromatic nitrogens is 2. The minimum Gasteiger partial charge on any atom is -0.330 e. The second-order valence-corrected chi connectivity index (χ2v) is 10.2. The highest BCUT2D eigenvalue weighted by molar-refractivity contribution is 6.30. The summed E-state index contributed by atoms with van der Waals surface area (Å²) < 4.78 is 2.17. The van der Waals surface area contributed by atoms with Gasteiger partial charge in [0.05, 0.1) is 11.7 Å². The van der Waals surface area contributed by atoms with Gasteiger partial charge in [-0.3, -0.25) is 4.79 Å². The lowest BCUT2D eigenvalue weighted by Crippen LogP contribution is -2.40. The van der Waals surface area contributed by atoms with Crippen LogP contribution in [0.4, 0.5) is 0 Å². The van der Waals surface area contributed by atoms with Crippen LogP contribution in [0, 0.1) is 12.8 Å². The van der Waals surface area contributed by atoms with Crippen molar-refractivity contribution in [3.05, 3.63) is 113 Å². The van der Waals surface area contributed by atoms with Crippen LogP contribution in [0.2, 0.25) is 5.02 Å². The van der Waals surface area contributed by atoms with Crippen molar-refractivity contribution < 1.29 is 4.79 Å². The van der Waals surface area contributed by atoms with Crippen molar-refractivity contribution in [2.45, 2.75) is 39.8 Å². The molecule has 4 rings (SSSR count). The van der Waals surface area contributed by atoms with Gasteiger partial charge in [-0.1, -0.05) is 85.6 Å². The van der Waals surface area contributed by atoms with Crippen molar-refractivity contribution in [3.63, 3.8) is 0 Å². The minimum absolute atomic E-state index is 0.00860. The monoisotopic (exact) mass is 514 g/mol. The van der Waals surface area contributed by atoms with E-state index in [9.17, 15) is 4.79 Å². The molecule has 1 atom stereocenters. The van der Waals surface area contributed by atoms with Gasteiger partial charge in [0, 0.05) is 35.4 Å². The largest absolute Gasteiger partial charge is 0.330 e. The van der Waals surface area contributed by atoms with Crippen molar-refractivity contribution in [3.8, 4) is 11.3 Å². The number of amides is 1. The fourth-order valence-corrected chi connectivity index (χ4v) is 4.84. The lowest BCUT2D eigenvalue weighted by atomic mass is 9.99. The summed E-state index contributed by atoms with van der Waals surface area (Å²) in [7, 11) is 0. The number of hydrogen-bond donors (Lipinski definition) is 1. The molecule has 0 bridgehead atoms. The molecule has 0 aliphatic carbocycles. The summed E-state index contributed by atoms with van der Waals surface area (Å²) in [5.41, 5.74) is 10.6. The molecule has 1 unspecified atom stereocenters. The summed E-state index contributed by atoms with van der Waals surface area (Å²) in [6, 6.07) is 25.6. The van der Waals surface area contributed by atoms with Crippen LogP contribution in [0.1, 0.15) is 53.6 Å². The second kappa shape index (κ2) is 12.2. The van der Waals surface area contributed by atoms with Crippen LogP contribution in [0.5, 0.6) is 0 Å². The van der Waals surface area contributed by atoms with Crippen molar-refractivity contribution in [2.75, 3.05) is 13.1 Å². The highest BCUT2D eigenvalue weighted by Gasteiger charge is 2.32. The Morgan fingerprint density at radius 2 is 1.76 bits per heavy atom. The molecule has 6 heteroatoms. The first-order valence-corrected chi connectivity index (χ1v) is 13.2. The Bertz CT molecular complexity index is 1310. The number of nitrogens with zero attached hydrogens (tertiary/aromatic N) is 3. The molecule has 37 heavy (non-hydrogen) atoms. The third-order valence-electron chi connectivity index (χ3n) is 6.52. The third-order valence-corrected chi connectivity index (χ3v) is 6.75. The topological polar surface area (TPSA) is 64.2 Å². The number of carbonyl (C=O) groups is 1. The SMILES string of the molecule is Cc1ccc(C(=O)N(CCCN)C(c2nc(-c3cccc(Cl)c3)cn2Cc2ccccc2)C(C)C)cc1. The summed E-state index contributed by atoms with van der Waals surface area (Å²) in [5, 5.41) is 0.663. The lowest BCUT2D eigenvalue weighted by molar-refractivity contribution is 0.0604. The first kappa shape index (κ1) is 26.6. The molecule has 1 heterocycles. The fourth-order valence-electron chi connectivity index (χ4n) is 4.65. The molecule has 5 nitrogen and oxygen atoms in total. The van der Waals surface area contributed by atoms with Gasteiger partial charge in [-0.2, -0.15) is 0 Å². The molecule has 0 aliphatic rings. The zero-order chi connectivity index (χ0) is 26.4. The van der Waals surface area contributed by atoms with Crippen LogP contribution >= 0.6 is 11.6 Å². The van der Waals surface area contributed by atoms with E-state index in [1.807, 2.05) is 78.6 Å². The van der Waals surface area contributed by atoms with E-state index in [1.165, 1.54) is 5.56 Å². The molecular formula is C31H35ClN4O. The number of aryl methyl sites for hydroxylation is 1. The zero-order valence-corrected chi connectivity index (χ0v) is 22.5. The number of nitrogens with two attached hydrogens (primary N) is 1. The van der Waals surface area contributed by atoms with Gasteiger partial charge in [0.2, 0.25) is 0 Å². The third kappa shape index (κ3) is 6.48. The number of imidazole rings is 1. The average molecular weight is 515 g/mol. The maximum atomic E-state index is 13.9. The second-order valence-electron chi connectivity index (χ2n) is 9.80. The van der Waals surface area contributed by atoms with E-state index in [1.54, 1.807) is 0 Å². The molecule has 192 valence electrons. The van der Waals surface area contributed by atoms with Crippen molar-refractivity contribution in [2.24, 2.45) is 11.7 Å². The van der Waals surface area contributed by atoms with Crippen molar-refractivity contribution >= 4 is 17.5 Å². The first-order chi connectivity index (χ1) is 17.9. The number of carbonyl (C=O) groups excluding carboxylic acids is 1. The Morgan fingerprint density at radius 1 is 1.03 bits per heavy atom. The van der Waals surface area contributed by atoms with Crippen LogP contribution in [0.25, 0.3) is 11.3 Å². The van der Waals surface area contributed by atoms with Crippen LogP contribution < -0.4 is 5.73 Å². The highest BCUT2D eigenvalue weighted by Crippen LogP contribution is 2.33. The zero-order valence-electron chi connectivity index (χ0n) is 21.8. The van der Waals surface area contributed by atoms with Gasteiger partial charge >= 0.3 is 0 Å². The predicted octanol–water partition coefficient (Wildman–Crippen LogP) is 6.75. The van der Waals surface area contributed by atoms with E-state index in [-0.39, 0.29) is 17.9 Å². The molecule has 3 aromatic carbocycles. The molecule has 4 aromatic rings.